The Morgan fingerprint density at radius 3 is 2.68 bits per heavy atom. The van der Waals surface area contributed by atoms with Gasteiger partial charge in [0.1, 0.15) is 26.6 Å². The largest absolute Gasteiger partial charge is 0.476 e. The fourth-order valence-corrected chi connectivity index (χ4v) is 2.40. The van der Waals surface area contributed by atoms with E-state index in [1.165, 1.54) is 11.0 Å². The summed E-state index contributed by atoms with van der Waals surface area (Å²) >= 11 is 5.00. The van der Waals surface area contributed by atoms with E-state index < -0.39 is 23.7 Å². The number of esters is 1. The number of aryl methyl sites for hydroxylation is 1. The maximum atomic E-state index is 12.0. The van der Waals surface area contributed by atoms with Gasteiger partial charge in [-0.1, -0.05) is 32.5 Å². The third-order valence-electron chi connectivity index (χ3n) is 3.41. The Bertz CT molecular complexity index is 705. The van der Waals surface area contributed by atoms with E-state index in [4.69, 9.17) is 43.1 Å². The molecule has 4 radical (unpaired) electrons. The molecule has 3 N–H and O–H groups in total. The first-order valence-electron chi connectivity index (χ1n) is 8.13. The van der Waals surface area contributed by atoms with Crippen molar-refractivity contribution in [1.82, 2.24) is 9.55 Å². The molecule has 0 bridgehead atoms. The molecule has 0 aliphatic carbocycles. The van der Waals surface area contributed by atoms with Crippen molar-refractivity contribution in [1.29, 1.82) is 0 Å². The van der Waals surface area contributed by atoms with Gasteiger partial charge < -0.3 is 15.2 Å². The molecule has 2 heterocycles. The monoisotopic (exact) mass is 363 g/mol. The molecule has 1 aliphatic heterocycles. The lowest BCUT2D eigenvalue weighted by Gasteiger charge is -2.32. The van der Waals surface area contributed by atoms with Crippen LogP contribution in [-0.2, 0) is 14.3 Å². The number of nitrogens with two attached hydrogens (primary N) is 1. The number of carbonyl (C=O) groups excluding carboxylic acids is 1. The van der Waals surface area contributed by atoms with Crippen LogP contribution >= 0.6 is 12.2 Å². The van der Waals surface area contributed by atoms with Gasteiger partial charge >= 0.3 is 11.7 Å². The zero-order valence-corrected chi connectivity index (χ0v) is 15.6. The fourth-order valence-electron chi connectivity index (χ4n) is 2.26. The van der Waals surface area contributed by atoms with Gasteiger partial charge in [-0.25, -0.2) is 4.79 Å². The lowest BCUT2D eigenvalue weighted by Crippen LogP contribution is -2.48. The highest BCUT2D eigenvalue weighted by molar-refractivity contribution is 7.71. The molecule has 2 atom stereocenters. The molecular formula is C15H23B2N3O4S. The van der Waals surface area contributed by atoms with Crippen LogP contribution in [0, 0.1) is 11.6 Å². The summed E-state index contributed by atoms with van der Waals surface area (Å²) in [5, 5.41) is -1.80. The second-order valence-corrected chi connectivity index (χ2v) is 6.28. The van der Waals surface area contributed by atoms with Gasteiger partial charge in [0.05, 0.1) is 18.0 Å². The van der Waals surface area contributed by atoms with Crippen molar-refractivity contribution in [3.8, 4) is 0 Å². The summed E-state index contributed by atoms with van der Waals surface area (Å²) in [5.41, 5.74) is 5.51. The summed E-state index contributed by atoms with van der Waals surface area (Å²) in [7, 11) is 11.5. The standard InChI is InChI=1S/C12H15B2N3O4S.C3H8/c1-6-5-17(11(19)16-10(6)22)8-3-2-7(20-8)12(13,14)21-9(18)4-15;1-3-2/h5,7-8H,2-4,15H2,1H3,(H,16,19,22);3H2,1-2H3. The lowest BCUT2D eigenvalue weighted by molar-refractivity contribution is -0.154. The van der Waals surface area contributed by atoms with Gasteiger partial charge in [0.25, 0.3) is 0 Å². The van der Waals surface area contributed by atoms with Crippen LogP contribution in [0.4, 0.5) is 0 Å². The number of nitrogens with one attached hydrogen (secondary N) is 1. The van der Waals surface area contributed by atoms with Gasteiger partial charge in [-0.05, 0) is 19.8 Å². The topological polar surface area (TPSA) is 99.3 Å². The number of hydrogen-bond donors (Lipinski definition) is 2. The number of carbonyl (C=O) groups is 1. The number of H-pyrrole nitrogens is 1. The van der Waals surface area contributed by atoms with Crippen molar-refractivity contribution in [2.75, 3.05) is 6.54 Å². The molecule has 10 heteroatoms. The van der Waals surface area contributed by atoms with Crippen LogP contribution in [0.5, 0.6) is 0 Å². The maximum Gasteiger partial charge on any atom is 0.328 e. The van der Waals surface area contributed by atoms with Crippen LogP contribution in [-0.4, -0.2) is 49.3 Å². The van der Waals surface area contributed by atoms with E-state index in [1.807, 2.05) is 0 Å². The molecule has 1 fully saturated rings. The first-order chi connectivity index (χ1) is 11.7. The lowest BCUT2D eigenvalue weighted by atomic mass is 9.61. The second kappa shape index (κ2) is 9.35. The number of nitrogens with zero attached hydrogens (tertiary/aromatic N) is 1. The fraction of sp³-hybridized carbons (Fsp3) is 0.667. The Hall–Kier alpha value is -1.38. The number of hydrogen-bond acceptors (Lipinski definition) is 6. The van der Waals surface area contributed by atoms with Crippen LogP contribution in [0.2, 0.25) is 0 Å². The predicted molar refractivity (Wildman–Crippen MR) is 99.1 cm³/mol. The van der Waals surface area contributed by atoms with Crippen molar-refractivity contribution < 1.29 is 14.3 Å². The van der Waals surface area contributed by atoms with E-state index in [-0.39, 0.29) is 12.2 Å². The molecule has 0 aromatic carbocycles. The van der Waals surface area contributed by atoms with Gasteiger partial charge in [0.2, 0.25) is 0 Å². The Morgan fingerprint density at radius 1 is 1.52 bits per heavy atom. The molecule has 2 unspecified atom stereocenters. The first kappa shape index (κ1) is 21.7. The number of rotatable bonds is 4. The van der Waals surface area contributed by atoms with Gasteiger partial charge in [0, 0.05) is 11.8 Å². The van der Waals surface area contributed by atoms with E-state index in [9.17, 15) is 9.59 Å². The first-order valence-corrected chi connectivity index (χ1v) is 8.54. The molecule has 0 spiro atoms. The smallest absolute Gasteiger partial charge is 0.328 e. The molecule has 0 amide bonds. The molecule has 1 aromatic heterocycles. The molecule has 2 rings (SSSR count). The van der Waals surface area contributed by atoms with E-state index in [1.54, 1.807) is 13.1 Å². The Labute approximate surface area is 155 Å². The zero-order valence-electron chi connectivity index (χ0n) is 14.8. The number of aromatic amines is 1. The van der Waals surface area contributed by atoms with Crippen LogP contribution in [0.1, 0.15) is 44.9 Å². The van der Waals surface area contributed by atoms with Crippen LogP contribution in [0.25, 0.3) is 0 Å². The number of aromatic nitrogens is 2. The Balaban J connectivity index is 0.000000970. The zero-order chi connectivity index (χ0) is 19.2. The minimum atomic E-state index is -1.80. The number of ether oxygens (including phenoxy) is 2. The molecule has 134 valence electrons. The molecule has 1 aliphatic rings. The second-order valence-electron chi connectivity index (χ2n) is 5.87. The molecular weight excluding hydrogens is 340 g/mol. The van der Waals surface area contributed by atoms with Crippen molar-refractivity contribution in [2.24, 2.45) is 5.73 Å². The quantitative estimate of drug-likeness (QED) is 0.467. The van der Waals surface area contributed by atoms with Crippen molar-refractivity contribution in [3.63, 3.8) is 0 Å². The summed E-state index contributed by atoms with van der Waals surface area (Å²) in [5.74, 6) is -0.728. The molecule has 0 saturated carbocycles. The normalized spacial score (nSPS) is 19.8. The maximum absolute atomic E-state index is 12.0. The van der Waals surface area contributed by atoms with E-state index in [2.05, 4.69) is 18.8 Å². The molecule has 1 saturated heterocycles. The highest BCUT2D eigenvalue weighted by Crippen LogP contribution is 2.32. The van der Waals surface area contributed by atoms with E-state index in [0.717, 1.165) is 5.56 Å². The third kappa shape index (κ3) is 5.83. The molecule has 7 nitrogen and oxygen atoms in total. The van der Waals surface area contributed by atoms with Crippen molar-refractivity contribution in [3.05, 3.63) is 26.9 Å². The highest BCUT2D eigenvalue weighted by atomic mass is 32.1. The van der Waals surface area contributed by atoms with Gasteiger partial charge in [-0.15, -0.1) is 0 Å². The summed E-state index contributed by atoms with van der Waals surface area (Å²) in [4.78, 5) is 25.8. The molecule has 25 heavy (non-hydrogen) atoms. The van der Waals surface area contributed by atoms with Gasteiger partial charge in [-0.3, -0.25) is 14.3 Å². The van der Waals surface area contributed by atoms with E-state index >= 15 is 0 Å². The SMILES string of the molecule is CCC.[B]C([B])(OC(=O)CN)C1CCC(n2cc(C)c(=S)[nH]c2=O)O1. The van der Waals surface area contributed by atoms with Crippen LogP contribution in [0.15, 0.2) is 11.0 Å². The highest BCUT2D eigenvalue weighted by Gasteiger charge is 2.39. The minimum Gasteiger partial charge on any atom is -0.476 e. The van der Waals surface area contributed by atoms with Gasteiger partial charge in [0.15, 0.2) is 0 Å². The summed E-state index contributed by atoms with van der Waals surface area (Å²) in [6.07, 6.45) is 2.46. The third-order valence-corrected chi connectivity index (χ3v) is 3.84. The summed E-state index contributed by atoms with van der Waals surface area (Å²) in [6, 6.07) is 0. The predicted octanol–water partition coefficient (Wildman–Crippen LogP) is 0.801. The van der Waals surface area contributed by atoms with Crippen LogP contribution < -0.4 is 11.4 Å². The average molecular weight is 363 g/mol. The van der Waals surface area contributed by atoms with Gasteiger partial charge in [-0.2, -0.15) is 0 Å². The summed E-state index contributed by atoms with van der Waals surface area (Å²) in [6.45, 7) is 5.70. The Morgan fingerprint density at radius 2 is 2.12 bits per heavy atom. The van der Waals surface area contributed by atoms with E-state index in [0.29, 0.717) is 17.5 Å². The molecule has 1 aromatic rings. The average Bonchev–Trinajstić information content (AvgIpc) is 3.01. The van der Waals surface area contributed by atoms with Crippen LogP contribution in [0.3, 0.4) is 0 Å². The van der Waals surface area contributed by atoms with Crippen molar-refractivity contribution >= 4 is 33.9 Å². The summed E-state index contributed by atoms with van der Waals surface area (Å²) < 4.78 is 12.3. The van der Waals surface area contributed by atoms with Crippen molar-refractivity contribution in [2.45, 2.75) is 57.8 Å². The minimum absolute atomic E-state index is 0.333. The Kier molecular flexibility index (Phi) is 8.11.